The van der Waals surface area contributed by atoms with Crippen LogP contribution in [0.4, 0.5) is 0 Å². The van der Waals surface area contributed by atoms with E-state index in [1.165, 1.54) is 6.20 Å². The van der Waals surface area contributed by atoms with Gasteiger partial charge in [-0.05, 0) is 12.1 Å². The quantitative estimate of drug-likeness (QED) is 0.463. The smallest absolute Gasteiger partial charge is 0.235 e. The van der Waals surface area contributed by atoms with Crippen LogP contribution in [-0.2, 0) is 15.3 Å². The molecule has 2 aromatic rings. The van der Waals surface area contributed by atoms with E-state index in [1.807, 2.05) is 0 Å². The topological polar surface area (TPSA) is 50.2 Å². The van der Waals surface area contributed by atoms with Gasteiger partial charge in [-0.3, -0.25) is 0 Å². The highest BCUT2D eigenvalue weighted by atomic mass is 35.5. The molecule has 1 unspecified atom stereocenters. The number of pyridine rings is 1. The molecule has 3 nitrogen and oxygen atoms in total. The zero-order valence-corrected chi connectivity index (χ0v) is 8.66. The highest BCUT2D eigenvalue weighted by Crippen LogP contribution is 2.25. The van der Waals surface area contributed by atoms with Crippen molar-refractivity contribution in [2.24, 2.45) is 0 Å². The zero-order chi connectivity index (χ0) is 10.1. The van der Waals surface area contributed by atoms with Gasteiger partial charge in [0.15, 0.2) is 4.90 Å². The van der Waals surface area contributed by atoms with Crippen molar-refractivity contribution in [3.8, 4) is 0 Å². The fourth-order valence-corrected chi connectivity index (χ4v) is 2.16. The van der Waals surface area contributed by atoms with Gasteiger partial charge in [-0.1, -0.05) is 27.9 Å². The molecule has 1 atom stereocenters. The molecule has 0 radical (unpaired) electrons. The van der Waals surface area contributed by atoms with Crippen molar-refractivity contribution in [2.45, 2.75) is 4.90 Å². The molecule has 0 bridgehead atoms. The van der Waals surface area contributed by atoms with Crippen molar-refractivity contribution in [2.75, 3.05) is 0 Å². The number of hydrogen-bond acceptors (Lipinski definition) is 2. The van der Waals surface area contributed by atoms with Crippen LogP contribution in [0.2, 0.25) is 5.15 Å². The normalized spacial score (nSPS) is 13.0. The Labute approximate surface area is 88.0 Å². The Kier molecular flexibility index (Phi) is 2.50. The van der Waals surface area contributed by atoms with Crippen molar-refractivity contribution in [3.05, 3.63) is 35.6 Å². The van der Waals surface area contributed by atoms with Crippen molar-refractivity contribution < 1.29 is 8.76 Å². The Bertz CT molecular complexity index is 515. The van der Waals surface area contributed by atoms with Crippen molar-refractivity contribution in [1.82, 2.24) is 4.98 Å². The third-order valence-corrected chi connectivity index (χ3v) is 3.04. The van der Waals surface area contributed by atoms with Gasteiger partial charge < -0.3 is 0 Å². The second-order valence-corrected chi connectivity index (χ2v) is 4.13. The lowest BCUT2D eigenvalue weighted by molar-refractivity contribution is 0.520. The van der Waals surface area contributed by atoms with Crippen LogP contribution in [0.5, 0.6) is 0 Å². The summed E-state index contributed by atoms with van der Waals surface area (Å²) in [7, 11) is 0. The Hall–Kier alpha value is -0.970. The Morgan fingerprint density at radius 3 is 2.79 bits per heavy atom. The Morgan fingerprint density at radius 2 is 2.07 bits per heavy atom. The van der Waals surface area contributed by atoms with Crippen molar-refractivity contribution in [1.29, 1.82) is 0 Å². The molecule has 0 aliphatic rings. The summed E-state index contributed by atoms with van der Waals surface area (Å²) in [5.74, 6) is 0. The largest absolute Gasteiger partial charge is 0.244 e. The van der Waals surface area contributed by atoms with Gasteiger partial charge in [-0.15, -0.1) is 0 Å². The van der Waals surface area contributed by atoms with Crippen LogP contribution < -0.4 is 0 Å². The standard InChI is InChI=1S/C9H6ClNO2S/c10-9-7-2-1-3-8(14(12)13)6(7)4-5-11-9/h1-5H,(H,12,13)/p+1. The summed E-state index contributed by atoms with van der Waals surface area (Å²) in [6, 6.07) is 6.75. The molecule has 1 N–H and O–H groups in total. The zero-order valence-electron chi connectivity index (χ0n) is 7.01. The van der Waals surface area contributed by atoms with Crippen LogP contribution in [0.3, 0.4) is 0 Å². The Morgan fingerprint density at radius 1 is 1.29 bits per heavy atom. The van der Waals surface area contributed by atoms with Crippen LogP contribution in [0.15, 0.2) is 35.4 Å². The predicted molar refractivity (Wildman–Crippen MR) is 57.1 cm³/mol. The summed E-state index contributed by atoms with van der Waals surface area (Å²) in [4.78, 5) is 4.29. The second kappa shape index (κ2) is 3.65. The molecule has 1 aromatic carbocycles. The summed E-state index contributed by atoms with van der Waals surface area (Å²) in [5.41, 5.74) is 0. The van der Waals surface area contributed by atoms with Gasteiger partial charge in [0.2, 0.25) is 11.1 Å². The minimum atomic E-state index is -2.34. The maximum atomic E-state index is 11.0. The van der Waals surface area contributed by atoms with E-state index in [1.54, 1.807) is 24.3 Å². The molecule has 5 heteroatoms. The second-order valence-electron chi connectivity index (χ2n) is 2.75. The Balaban J connectivity index is 2.88. The first kappa shape index (κ1) is 9.58. The molecule has 1 aromatic heterocycles. The number of fused-ring (bicyclic) bond motifs is 1. The summed E-state index contributed by atoms with van der Waals surface area (Å²) < 4.78 is 20.1. The van der Waals surface area contributed by atoms with Crippen LogP contribution in [0, 0.1) is 0 Å². The molecule has 0 saturated carbocycles. The van der Waals surface area contributed by atoms with Gasteiger partial charge >= 0.3 is 0 Å². The fraction of sp³-hybridized carbons (Fsp3) is 0. The highest BCUT2D eigenvalue weighted by Gasteiger charge is 2.12. The number of halogens is 1. The predicted octanol–water partition coefficient (Wildman–Crippen LogP) is 2.42. The first-order valence-corrected chi connectivity index (χ1v) is 5.48. The first-order chi connectivity index (χ1) is 6.70. The average molecular weight is 229 g/mol. The van der Waals surface area contributed by atoms with E-state index < -0.39 is 11.1 Å². The first-order valence-electron chi connectivity index (χ1n) is 3.89. The van der Waals surface area contributed by atoms with Gasteiger partial charge in [0.1, 0.15) is 5.15 Å². The number of rotatable bonds is 1. The molecule has 2 rings (SSSR count). The van der Waals surface area contributed by atoms with E-state index in [0.29, 0.717) is 20.8 Å². The summed E-state index contributed by atoms with van der Waals surface area (Å²) in [5, 5.41) is 1.72. The van der Waals surface area contributed by atoms with Crippen LogP contribution in [-0.4, -0.2) is 9.54 Å². The number of hydrogen-bond donors (Lipinski definition) is 1. The molecule has 0 amide bonds. The van der Waals surface area contributed by atoms with Crippen LogP contribution in [0.25, 0.3) is 10.8 Å². The molecule has 0 fully saturated rings. The maximum Gasteiger partial charge on any atom is 0.235 e. The van der Waals surface area contributed by atoms with Gasteiger partial charge in [0.25, 0.3) is 0 Å². The maximum absolute atomic E-state index is 11.0. The minimum absolute atomic E-state index is 0.348. The van der Waals surface area contributed by atoms with E-state index in [0.717, 1.165) is 0 Å². The third-order valence-electron chi connectivity index (χ3n) is 1.94. The molecular weight excluding hydrogens is 222 g/mol. The lowest BCUT2D eigenvalue weighted by atomic mass is 10.2. The average Bonchev–Trinajstić information content (AvgIpc) is 2.17. The summed E-state index contributed by atoms with van der Waals surface area (Å²) >= 11 is 3.50. The molecular formula is C9H7ClNO2S+. The molecule has 0 aliphatic heterocycles. The van der Waals surface area contributed by atoms with E-state index >= 15 is 0 Å². The molecule has 14 heavy (non-hydrogen) atoms. The number of nitrogens with zero attached hydrogens (tertiary/aromatic N) is 1. The lowest BCUT2D eigenvalue weighted by Crippen LogP contribution is -1.89. The van der Waals surface area contributed by atoms with Crippen LogP contribution in [0.1, 0.15) is 0 Å². The van der Waals surface area contributed by atoms with Gasteiger partial charge in [-0.2, -0.15) is 4.55 Å². The van der Waals surface area contributed by atoms with Gasteiger partial charge in [-0.25, -0.2) is 4.98 Å². The monoisotopic (exact) mass is 228 g/mol. The highest BCUT2D eigenvalue weighted by molar-refractivity contribution is 7.79. The molecule has 0 saturated heterocycles. The van der Waals surface area contributed by atoms with Crippen molar-refractivity contribution >= 4 is 33.5 Å². The number of aromatic nitrogens is 1. The molecule has 0 aliphatic carbocycles. The lowest BCUT2D eigenvalue weighted by Gasteiger charge is -1.99. The van der Waals surface area contributed by atoms with E-state index in [-0.39, 0.29) is 0 Å². The molecule has 72 valence electrons. The third kappa shape index (κ3) is 1.52. The van der Waals surface area contributed by atoms with Gasteiger partial charge in [0, 0.05) is 17.0 Å². The minimum Gasteiger partial charge on any atom is -0.244 e. The van der Waals surface area contributed by atoms with E-state index in [4.69, 9.17) is 16.2 Å². The van der Waals surface area contributed by atoms with Crippen LogP contribution >= 0.6 is 11.6 Å². The molecule has 0 spiro atoms. The van der Waals surface area contributed by atoms with E-state index in [2.05, 4.69) is 4.98 Å². The molecule has 1 heterocycles. The van der Waals surface area contributed by atoms with Crippen molar-refractivity contribution in [3.63, 3.8) is 0 Å². The summed E-state index contributed by atoms with van der Waals surface area (Å²) in [6.07, 6.45) is 1.52. The SMILES string of the molecule is O=[SH+](O)c1cccc2c(Cl)nccc12. The number of thiol groups is 1. The van der Waals surface area contributed by atoms with Gasteiger partial charge in [0.05, 0.1) is 0 Å². The fourth-order valence-electron chi connectivity index (χ4n) is 1.32. The van der Waals surface area contributed by atoms with E-state index in [9.17, 15) is 4.21 Å². The summed E-state index contributed by atoms with van der Waals surface area (Å²) in [6.45, 7) is 0. The number of benzene rings is 1.